The standard InChI is InChI=1S/C12H12N2O3/c13-7-9-2-1-3-10(6-9)8-14-11(15)4-5-12(16)17/h1-3,6H,4-5,8H2,(H,14,15)(H,16,17). The van der Waals surface area contributed by atoms with Gasteiger partial charge in [0.2, 0.25) is 5.91 Å². The van der Waals surface area contributed by atoms with Crippen LogP contribution in [0.4, 0.5) is 0 Å². The minimum atomic E-state index is -0.994. The number of nitrogens with zero attached hydrogens (tertiary/aromatic N) is 1. The smallest absolute Gasteiger partial charge is 0.303 e. The lowest BCUT2D eigenvalue weighted by Crippen LogP contribution is -2.23. The number of carboxylic acid groups (broad SMARTS) is 1. The number of carbonyl (C=O) groups excluding carboxylic acids is 1. The third-order valence-corrected chi connectivity index (χ3v) is 2.11. The first kappa shape index (κ1) is 12.7. The Morgan fingerprint density at radius 3 is 2.76 bits per heavy atom. The predicted octanol–water partition coefficient (Wildman–Crippen LogP) is 1.04. The molecule has 0 aliphatic heterocycles. The molecule has 0 aromatic heterocycles. The van der Waals surface area contributed by atoms with Gasteiger partial charge < -0.3 is 10.4 Å². The van der Waals surface area contributed by atoms with E-state index in [0.29, 0.717) is 12.1 Å². The van der Waals surface area contributed by atoms with Gasteiger partial charge in [-0.05, 0) is 17.7 Å². The largest absolute Gasteiger partial charge is 0.481 e. The number of carboxylic acids is 1. The molecule has 2 N–H and O–H groups in total. The second kappa shape index (κ2) is 6.28. The van der Waals surface area contributed by atoms with Gasteiger partial charge in [0.15, 0.2) is 0 Å². The third kappa shape index (κ3) is 4.80. The second-order valence-electron chi connectivity index (χ2n) is 3.48. The highest BCUT2D eigenvalue weighted by atomic mass is 16.4. The van der Waals surface area contributed by atoms with Crippen molar-refractivity contribution in [2.75, 3.05) is 0 Å². The van der Waals surface area contributed by atoms with E-state index in [1.165, 1.54) is 0 Å². The molecule has 88 valence electrons. The molecule has 0 saturated heterocycles. The molecule has 0 radical (unpaired) electrons. The summed E-state index contributed by atoms with van der Waals surface area (Å²) in [6.07, 6.45) is -0.211. The Kier molecular flexibility index (Phi) is 4.70. The highest BCUT2D eigenvalue weighted by Crippen LogP contribution is 2.03. The summed E-state index contributed by atoms with van der Waals surface area (Å²) in [5.74, 6) is -1.30. The molecule has 17 heavy (non-hydrogen) atoms. The van der Waals surface area contributed by atoms with Crippen LogP contribution in [0.2, 0.25) is 0 Å². The number of nitrogens with one attached hydrogen (secondary N) is 1. The molecule has 0 saturated carbocycles. The first-order valence-electron chi connectivity index (χ1n) is 5.09. The molecule has 0 fully saturated rings. The Morgan fingerprint density at radius 1 is 1.35 bits per heavy atom. The minimum absolute atomic E-state index is 0.0345. The Labute approximate surface area is 98.7 Å². The maximum atomic E-state index is 11.2. The lowest BCUT2D eigenvalue weighted by atomic mass is 10.1. The van der Waals surface area contributed by atoms with Crippen molar-refractivity contribution in [1.82, 2.24) is 5.32 Å². The van der Waals surface area contributed by atoms with Crippen molar-refractivity contribution in [2.24, 2.45) is 0 Å². The lowest BCUT2D eigenvalue weighted by Gasteiger charge is -2.04. The van der Waals surface area contributed by atoms with Crippen molar-refractivity contribution in [3.05, 3.63) is 35.4 Å². The number of carbonyl (C=O) groups is 2. The summed E-state index contributed by atoms with van der Waals surface area (Å²) in [7, 11) is 0. The van der Waals surface area contributed by atoms with Crippen LogP contribution in [0, 0.1) is 11.3 Å². The summed E-state index contributed by atoms with van der Waals surface area (Å²) in [4.78, 5) is 21.5. The van der Waals surface area contributed by atoms with E-state index in [2.05, 4.69) is 5.32 Å². The normalized spacial score (nSPS) is 9.35. The average Bonchev–Trinajstić information content (AvgIpc) is 2.34. The fraction of sp³-hybridized carbons (Fsp3) is 0.250. The van der Waals surface area contributed by atoms with Crippen LogP contribution >= 0.6 is 0 Å². The molecule has 0 bridgehead atoms. The van der Waals surface area contributed by atoms with Crippen molar-refractivity contribution < 1.29 is 14.7 Å². The molecule has 0 aliphatic carbocycles. The fourth-order valence-electron chi connectivity index (χ4n) is 1.26. The SMILES string of the molecule is N#Cc1cccc(CNC(=O)CCC(=O)O)c1. The molecule has 1 rings (SSSR count). The summed E-state index contributed by atoms with van der Waals surface area (Å²) in [5.41, 5.74) is 1.34. The fourth-order valence-corrected chi connectivity index (χ4v) is 1.26. The highest BCUT2D eigenvalue weighted by molar-refractivity contribution is 5.80. The monoisotopic (exact) mass is 232 g/mol. The van der Waals surface area contributed by atoms with Crippen LogP contribution in [0.25, 0.3) is 0 Å². The molecule has 0 atom stereocenters. The molecule has 1 amide bonds. The zero-order valence-corrected chi connectivity index (χ0v) is 9.14. The predicted molar refractivity (Wildman–Crippen MR) is 59.9 cm³/mol. The number of aliphatic carboxylic acids is 1. The Balaban J connectivity index is 2.42. The summed E-state index contributed by atoms with van der Waals surface area (Å²) < 4.78 is 0. The molecule has 1 aromatic carbocycles. The first-order chi connectivity index (χ1) is 8.11. The molecule has 0 unspecified atom stereocenters. The van der Waals surface area contributed by atoms with E-state index < -0.39 is 5.97 Å². The first-order valence-corrected chi connectivity index (χ1v) is 5.09. The Hall–Kier alpha value is -2.35. The van der Waals surface area contributed by atoms with Gasteiger partial charge in [-0.2, -0.15) is 5.26 Å². The van der Waals surface area contributed by atoms with Crippen LogP contribution in [-0.2, 0) is 16.1 Å². The molecule has 5 nitrogen and oxygen atoms in total. The second-order valence-corrected chi connectivity index (χ2v) is 3.48. The summed E-state index contributed by atoms with van der Waals surface area (Å²) in [5, 5.41) is 19.7. The summed E-state index contributed by atoms with van der Waals surface area (Å²) in [6.45, 7) is 0.300. The highest BCUT2D eigenvalue weighted by Gasteiger charge is 2.04. The van der Waals surface area contributed by atoms with Gasteiger partial charge in [-0.25, -0.2) is 0 Å². The quantitative estimate of drug-likeness (QED) is 0.793. The van der Waals surface area contributed by atoms with E-state index in [1.807, 2.05) is 6.07 Å². The maximum Gasteiger partial charge on any atom is 0.303 e. The molecular formula is C12H12N2O3. The maximum absolute atomic E-state index is 11.2. The van der Waals surface area contributed by atoms with Crippen molar-refractivity contribution in [1.29, 1.82) is 5.26 Å². The van der Waals surface area contributed by atoms with Gasteiger partial charge in [-0.15, -0.1) is 0 Å². The van der Waals surface area contributed by atoms with E-state index in [4.69, 9.17) is 10.4 Å². The van der Waals surface area contributed by atoms with E-state index in [9.17, 15) is 9.59 Å². The van der Waals surface area contributed by atoms with Gasteiger partial charge in [0.25, 0.3) is 0 Å². The number of hydrogen-bond donors (Lipinski definition) is 2. The number of rotatable bonds is 5. The summed E-state index contributed by atoms with van der Waals surface area (Å²) >= 11 is 0. The number of amides is 1. The van der Waals surface area contributed by atoms with Crippen molar-refractivity contribution in [3.8, 4) is 6.07 Å². The summed E-state index contributed by atoms with van der Waals surface area (Å²) in [6, 6.07) is 8.88. The van der Waals surface area contributed by atoms with E-state index in [-0.39, 0.29) is 18.7 Å². The van der Waals surface area contributed by atoms with Crippen molar-refractivity contribution in [3.63, 3.8) is 0 Å². The van der Waals surface area contributed by atoms with E-state index >= 15 is 0 Å². The van der Waals surface area contributed by atoms with Crippen molar-refractivity contribution in [2.45, 2.75) is 19.4 Å². The molecule has 1 aromatic rings. The van der Waals surface area contributed by atoms with Crippen LogP contribution in [-0.4, -0.2) is 17.0 Å². The van der Waals surface area contributed by atoms with Gasteiger partial charge in [-0.3, -0.25) is 9.59 Å². The number of benzene rings is 1. The zero-order valence-electron chi connectivity index (χ0n) is 9.14. The van der Waals surface area contributed by atoms with Crippen LogP contribution < -0.4 is 5.32 Å². The van der Waals surface area contributed by atoms with E-state index in [0.717, 1.165) is 5.56 Å². The molecule has 0 aliphatic rings. The van der Waals surface area contributed by atoms with Crippen LogP contribution in [0.5, 0.6) is 0 Å². The number of hydrogen-bond acceptors (Lipinski definition) is 3. The Bertz CT molecular complexity index is 463. The van der Waals surface area contributed by atoms with Gasteiger partial charge in [0.05, 0.1) is 18.1 Å². The molecule has 5 heteroatoms. The molecule has 0 heterocycles. The Morgan fingerprint density at radius 2 is 2.12 bits per heavy atom. The third-order valence-electron chi connectivity index (χ3n) is 2.11. The zero-order chi connectivity index (χ0) is 12.7. The van der Waals surface area contributed by atoms with Gasteiger partial charge >= 0.3 is 5.97 Å². The molecular weight excluding hydrogens is 220 g/mol. The van der Waals surface area contributed by atoms with Crippen LogP contribution in [0.15, 0.2) is 24.3 Å². The number of nitriles is 1. The average molecular weight is 232 g/mol. The van der Waals surface area contributed by atoms with Crippen LogP contribution in [0.1, 0.15) is 24.0 Å². The molecule has 0 spiro atoms. The van der Waals surface area contributed by atoms with Gasteiger partial charge in [-0.1, -0.05) is 12.1 Å². The van der Waals surface area contributed by atoms with Gasteiger partial charge in [0.1, 0.15) is 0 Å². The van der Waals surface area contributed by atoms with Gasteiger partial charge in [0, 0.05) is 13.0 Å². The lowest BCUT2D eigenvalue weighted by molar-refractivity contribution is -0.138. The topological polar surface area (TPSA) is 90.2 Å². The van der Waals surface area contributed by atoms with E-state index in [1.54, 1.807) is 24.3 Å². The van der Waals surface area contributed by atoms with Crippen molar-refractivity contribution >= 4 is 11.9 Å². The minimum Gasteiger partial charge on any atom is -0.481 e. The van der Waals surface area contributed by atoms with Crippen LogP contribution in [0.3, 0.4) is 0 Å².